The van der Waals surface area contributed by atoms with E-state index in [1.165, 1.54) is 0 Å². The van der Waals surface area contributed by atoms with Gasteiger partial charge in [0.1, 0.15) is 11.6 Å². The zero-order chi connectivity index (χ0) is 13.3. The first-order valence-electron chi connectivity index (χ1n) is 6.46. The minimum atomic E-state index is -2.50. The predicted octanol–water partition coefficient (Wildman–Crippen LogP) is 2.61. The van der Waals surface area contributed by atoms with Gasteiger partial charge in [-0.3, -0.25) is 0 Å². The van der Waals surface area contributed by atoms with Crippen molar-refractivity contribution < 1.29 is 8.78 Å². The molecule has 1 saturated carbocycles. The Morgan fingerprint density at radius 1 is 1.33 bits per heavy atom. The second-order valence-corrected chi connectivity index (χ2v) is 5.27. The van der Waals surface area contributed by atoms with Crippen molar-refractivity contribution in [2.75, 3.05) is 0 Å². The van der Waals surface area contributed by atoms with Crippen LogP contribution < -0.4 is 5.73 Å². The Morgan fingerprint density at radius 3 is 2.44 bits per heavy atom. The van der Waals surface area contributed by atoms with Crippen LogP contribution in [-0.2, 0) is 6.54 Å². The second kappa shape index (κ2) is 4.91. The van der Waals surface area contributed by atoms with Crippen LogP contribution in [0, 0.1) is 0 Å². The highest BCUT2D eigenvalue weighted by atomic mass is 19.3. The molecule has 1 heterocycles. The summed E-state index contributed by atoms with van der Waals surface area (Å²) in [5.41, 5.74) is 5.63. The van der Waals surface area contributed by atoms with E-state index in [1.54, 1.807) is 0 Å². The van der Waals surface area contributed by atoms with Gasteiger partial charge in [-0.05, 0) is 26.7 Å². The molecule has 0 radical (unpaired) electrons. The molecule has 1 fully saturated rings. The lowest BCUT2D eigenvalue weighted by Gasteiger charge is -2.28. The molecule has 2 rings (SSSR count). The predicted molar refractivity (Wildman–Crippen MR) is 64.5 cm³/mol. The summed E-state index contributed by atoms with van der Waals surface area (Å²) in [6, 6.07) is 0.205. The number of nitrogens with zero attached hydrogens (tertiary/aromatic N) is 3. The van der Waals surface area contributed by atoms with Crippen LogP contribution in [0.2, 0.25) is 0 Å². The van der Waals surface area contributed by atoms with Crippen LogP contribution in [0.5, 0.6) is 0 Å². The molecule has 4 nitrogen and oxygen atoms in total. The third-order valence-electron chi connectivity index (χ3n) is 3.57. The number of hydrogen-bond acceptors (Lipinski definition) is 3. The Kier molecular flexibility index (Phi) is 3.66. The first kappa shape index (κ1) is 13.4. The molecule has 0 unspecified atom stereocenters. The zero-order valence-corrected chi connectivity index (χ0v) is 10.9. The Morgan fingerprint density at radius 2 is 1.94 bits per heavy atom. The van der Waals surface area contributed by atoms with Crippen molar-refractivity contribution in [2.24, 2.45) is 5.73 Å². The number of alkyl halides is 2. The number of rotatable bonds is 3. The molecule has 18 heavy (non-hydrogen) atoms. The van der Waals surface area contributed by atoms with Crippen molar-refractivity contribution in [2.45, 2.75) is 64.0 Å². The highest BCUT2D eigenvalue weighted by molar-refractivity contribution is 5.05. The van der Waals surface area contributed by atoms with Gasteiger partial charge in [-0.15, -0.1) is 10.2 Å². The second-order valence-electron chi connectivity index (χ2n) is 5.27. The van der Waals surface area contributed by atoms with Crippen molar-refractivity contribution in [1.29, 1.82) is 0 Å². The van der Waals surface area contributed by atoms with Gasteiger partial charge in [0.15, 0.2) is 0 Å². The van der Waals surface area contributed by atoms with Crippen molar-refractivity contribution in [1.82, 2.24) is 14.8 Å². The van der Waals surface area contributed by atoms with Gasteiger partial charge in [0.2, 0.25) is 5.92 Å². The molecule has 0 bridgehead atoms. The summed E-state index contributed by atoms with van der Waals surface area (Å²) in [4.78, 5) is 0. The molecule has 1 aromatic rings. The average Bonchev–Trinajstić information content (AvgIpc) is 2.72. The van der Waals surface area contributed by atoms with Crippen LogP contribution in [0.4, 0.5) is 8.78 Å². The van der Waals surface area contributed by atoms with Crippen LogP contribution in [0.15, 0.2) is 0 Å². The Balaban J connectivity index is 2.21. The number of nitrogens with two attached hydrogens (primary N) is 1. The largest absolute Gasteiger partial charge is 0.324 e. The van der Waals surface area contributed by atoms with Crippen molar-refractivity contribution in [3.8, 4) is 0 Å². The lowest BCUT2D eigenvalue weighted by Crippen LogP contribution is -2.26. The SMILES string of the molecule is CC(C)n1c(CN)nnc1C1CCC(F)(F)CC1. The fraction of sp³-hybridized carbons (Fsp3) is 0.833. The first-order valence-corrected chi connectivity index (χ1v) is 6.46. The van der Waals surface area contributed by atoms with Crippen molar-refractivity contribution in [3.05, 3.63) is 11.6 Å². The summed E-state index contributed by atoms with van der Waals surface area (Å²) in [5.74, 6) is -0.867. The minimum Gasteiger partial charge on any atom is -0.324 e. The van der Waals surface area contributed by atoms with E-state index in [0.29, 0.717) is 19.4 Å². The molecule has 102 valence electrons. The van der Waals surface area contributed by atoms with Crippen molar-refractivity contribution >= 4 is 0 Å². The smallest absolute Gasteiger partial charge is 0.248 e. The highest BCUT2D eigenvalue weighted by Gasteiger charge is 2.37. The van der Waals surface area contributed by atoms with Gasteiger partial charge in [-0.25, -0.2) is 8.78 Å². The average molecular weight is 258 g/mol. The maximum atomic E-state index is 13.2. The van der Waals surface area contributed by atoms with Crippen LogP contribution in [0.25, 0.3) is 0 Å². The molecule has 1 aromatic heterocycles. The fourth-order valence-corrected chi connectivity index (χ4v) is 2.62. The van der Waals surface area contributed by atoms with E-state index < -0.39 is 5.92 Å². The quantitative estimate of drug-likeness (QED) is 0.906. The number of halogens is 2. The third-order valence-corrected chi connectivity index (χ3v) is 3.57. The standard InChI is InChI=1S/C12H20F2N4/c1-8(2)18-10(7-15)16-17-11(18)9-3-5-12(13,14)6-4-9/h8-9H,3-7,15H2,1-2H3. The number of hydrogen-bond donors (Lipinski definition) is 1. The van der Waals surface area contributed by atoms with E-state index in [4.69, 9.17) is 5.73 Å². The molecule has 1 aliphatic carbocycles. The van der Waals surface area contributed by atoms with Crippen LogP contribution in [0.1, 0.15) is 63.1 Å². The molecule has 0 saturated heterocycles. The van der Waals surface area contributed by atoms with Gasteiger partial charge in [0.05, 0.1) is 6.54 Å². The van der Waals surface area contributed by atoms with E-state index in [9.17, 15) is 8.78 Å². The Hall–Kier alpha value is -1.04. The van der Waals surface area contributed by atoms with Gasteiger partial charge in [0, 0.05) is 24.8 Å². The van der Waals surface area contributed by atoms with Gasteiger partial charge >= 0.3 is 0 Å². The van der Waals surface area contributed by atoms with Gasteiger partial charge in [-0.1, -0.05) is 0 Å². The normalized spacial score (nSPS) is 20.6. The molecule has 2 N–H and O–H groups in total. The van der Waals surface area contributed by atoms with E-state index in [2.05, 4.69) is 10.2 Å². The lowest BCUT2D eigenvalue weighted by atomic mass is 9.86. The number of aromatic nitrogens is 3. The minimum absolute atomic E-state index is 0.0550. The molecule has 6 heteroatoms. The fourth-order valence-electron chi connectivity index (χ4n) is 2.62. The van der Waals surface area contributed by atoms with Gasteiger partial charge < -0.3 is 10.3 Å². The maximum absolute atomic E-state index is 13.2. The summed E-state index contributed by atoms with van der Waals surface area (Å²) < 4.78 is 28.3. The molecule has 0 amide bonds. The van der Waals surface area contributed by atoms with Gasteiger partial charge in [0.25, 0.3) is 0 Å². The van der Waals surface area contributed by atoms with Crippen LogP contribution in [0.3, 0.4) is 0 Å². The monoisotopic (exact) mass is 258 g/mol. The lowest BCUT2D eigenvalue weighted by molar-refractivity contribution is -0.0390. The Labute approximate surface area is 106 Å². The molecule has 0 atom stereocenters. The van der Waals surface area contributed by atoms with Crippen LogP contribution >= 0.6 is 0 Å². The van der Waals surface area contributed by atoms with Crippen LogP contribution in [-0.4, -0.2) is 20.7 Å². The topological polar surface area (TPSA) is 56.7 Å². The first-order chi connectivity index (χ1) is 8.44. The summed E-state index contributed by atoms with van der Waals surface area (Å²) in [6.07, 6.45) is 0.839. The highest BCUT2D eigenvalue weighted by Crippen LogP contribution is 2.40. The Bertz CT molecular complexity index is 404. The molecular weight excluding hydrogens is 238 g/mol. The molecule has 0 aromatic carbocycles. The summed E-state index contributed by atoms with van der Waals surface area (Å²) in [7, 11) is 0. The molecular formula is C12H20F2N4. The van der Waals surface area contributed by atoms with E-state index in [1.807, 2.05) is 18.4 Å². The van der Waals surface area contributed by atoms with Gasteiger partial charge in [-0.2, -0.15) is 0 Å². The summed E-state index contributed by atoms with van der Waals surface area (Å²) >= 11 is 0. The zero-order valence-electron chi connectivity index (χ0n) is 10.9. The summed E-state index contributed by atoms with van der Waals surface area (Å²) in [6.45, 7) is 4.39. The summed E-state index contributed by atoms with van der Waals surface area (Å²) in [5, 5.41) is 8.24. The third kappa shape index (κ3) is 2.53. The molecule has 1 aliphatic rings. The van der Waals surface area contributed by atoms with E-state index in [-0.39, 0.29) is 24.8 Å². The molecule has 0 spiro atoms. The van der Waals surface area contributed by atoms with E-state index >= 15 is 0 Å². The molecule has 0 aliphatic heterocycles. The maximum Gasteiger partial charge on any atom is 0.248 e. The van der Waals surface area contributed by atoms with Crippen molar-refractivity contribution in [3.63, 3.8) is 0 Å². The van der Waals surface area contributed by atoms with E-state index in [0.717, 1.165) is 11.6 Å².